The van der Waals surface area contributed by atoms with Crippen molar-refractivity contribution in [1.82, 2.24) is 15.2 Å². The molecule has 0 bridgehead atoms. The smallest absolute Gasteiger partial charge is 0.306 e. The van der Waals surface area contributed by atoms with Gasteiger partial charge in [-0.15, -0.1) is 0 Å². The number of nitrogens with one attached hydrogen (secondary N) is 1. The summed E-state index contributed by atoms with van der Waals surface area (Å²) in [5.41, 5.74) is 0.0582. The molecule has 1 aliphatic carbocycles. The van der Waals surface area contributed by atoms with Crippen molar-refractivity contribution in [2.45, 2.75) is 64.8 Å². The molecule has 1 saturated carbocycles. The molecule has 2 heterocycles. The van der Waals surface area contributed by atoms with Gasteiger partial charge in [0.1, 0.15) is 6.26 Å². The van der Waals surface area contributed by atoms with Gasteiger partial charge in [0, 0.05) is 12.1 Å². The third-order valence-corrected chi connectivity index (χ3v) is 4.92. The number of hydrogen-bond donors (Lipinski definition) is 2. The maximum absolute atomic E-state index is 11.4. The van der Waals surface area contributed by atoms with Crippen LogP contribution in [-0.4, -0.2) is 39.2 Å². The van der Waals surface area contributed by atoms with Crippen LogP contribution in [0.5, 0.6) is 0 Å². The van der Waals surface area contributed by atoms with Gasteiger partial charge in [0.15, 0.2) is 0 Å². The molecule has 4 atom stereocenters. The number of aliphatic carboxylic acids is 1. The first-order chi connectivity index (χ1) is 10.4. The number of aromatic nitrogens is 1. The molecule has 6 heteroatoms. The van der Waals surface area contributed by atoms with Crippen molar-refractivity contribution < 1.29 is 14.3 Å². The first kappa shape index (κ1) is 15.5. The molecule has 0 radical (unpaired) electrons. The number of hydrogen-bond acceptors (Lipinski definition) is 5. The Morgan fingerprint density at radius 1 is 1.50 bits per heavy atom. The second kappa shape index (κ2) is 5.66. The highest BCUT2D eigenvalue weighted by Crippen LogP contribution is 2.39. The summed E-state index contributed by atoms with van der Waals surface area (Å²) in [6.07, 6.45) is 5.80. The Morgan fingerprint density at radius 2 is 2.27 bits per heavy atom. The second-order valence-electron chi connectivity index (χ2n) is 7.56. The van der Waals surface area contributed by atoms with Gasteiger partial charge in [0.2, 0.25) is 5.89 Å². The number of nitrogens with zero attached hydrogens (tertiary/aromatic N) is 2. The molecular formula is C16H25N3O3. The van der Waals surface area contributed by atoms with Crippen LogP contribution in [0.4, 0.5) is 0 Å². The van der Waals surface area contributed by atoms with E-state index in [1.165, 1.54) is 0 Å². The Hall–Kier alpha value is -1.40. The van der Waals surface area contributed by atoms with E-state index < -0.39 is 5.97 Å². The summed E-state index contributed by atoms with van der Waals surface area (Å²) in [4.78, 5) is 18.0. The van der Waals surface area contributed by atoms with Crippen LogP contribution in [0.3, 0.4) is 0 Å². The van der Waals surface area contributed by atoms with Crippen LogP contribution in [0.1, 0.15) is 45.9 Å². The van der Waals surface area contributed by atoms with E-state index in [0.29, 0.717) is 24.9 Å². The lowest BCUT2D eigenvalue weighted by molar-refractivity contribution is -0.143. The number of oxazole rings is 1. The highest BCUT2D eigenvalue weighted by Gasteiger charge is 2.48. The highest BCUT2D eigenvalue weighted by atomic mass is 16.4. The van der Waals surface area contributed by atoms with Gasteiger partial charge >= 0.3 is 5.97 Å². The van der Waals surface area contributed by atoms with Crippen molar-refractivity contribution in [3.8, 4) is 0 Å². The van der Waals surface area contributed by atoms with Crippen LogP contribution in [-0.2, 0) is 11.3 Å². The van der Waals surface area contributed by atoms with E-state index in [2.05, 4.69) is 36.0 Å². The summed E-state index contributed by atoms with van der Waals surface area (Å²) < 4.78 is 5.41. The molecular weight excluding hydrogens is 282 g/mol. The molecule has 3 rings (SSSR count). The average molecular weight is 307 g/mol. The summed E-state index contributed by atoms with van der Waals surface area (Å²) in [7, 11) is 0. The number of carboxylic acid groups (broad SMARTS) is 1. The lowest BCUT2D eigenvalue weighted by Gasteiger charge is -2.37. The van der Waals surface area contributed by atoms with Crippen molar-refractivity contribution in [2.75, 3.05) is 0 Å². The molecule has 4 unspecified atom stereocenters. The molecule has 0 amide bonds. The summed E-state index contributed by atoms with van der Waals surface area (Å²) >= 11 is 0. The van der Waals surface area contributed by atoms with Crippen molar-refractivity contribution in [1.29, 1.82) is 0 Å². The largest absolute Gasteiger partial charge is 0.481 e. The Bertz CT molecular complexity index is 523. The predicted octanol–water partition coefficient (Wildman–Crippen LogP) is 2.07. The van der Waals surface area contributed by atoms with Crippen molar-refractivity contribution >= 4 is 5.97 Å². The quantitative estimate of drug-likeness (QED) is 0.890. The van der Waals surface area contributed by atoms with Gasteiger partial charge in [-0.1, -0.05) is 20.8 Å². The second-order valence-corrected chi connectivity index (χ2v) is 7.56. The van der Waals surface area contributed by atoms with Crippen LogP contribution in [0.15, 0.2) is 16.9 Å². The van der Waals surface area contributed by atoms with Crippen LogP contribution < -0.4 is 5.32 Å². The van der Waals surface area contributed by atoms with Gasteiger partial charge in [-0.2, -0.15) is 0 Å². The van der Waals surface area contributed by atoms with Gasteiger partial charge in [-0.25, -0.2) is 4.98 Å². The molecule has 1 aromatic heterocycles. The average Bonchev–Trinajstić information content (AvgIpc) is 3.06. The van der Waals surface area contributed by atoms with Crippen LogP contribution in [0, 0.1) is 11.3 Å². The summed E-state index contributed by atoms with van der Waals surface area (Å²) in [5, 5.41) is 13.1. The van der Waals surface area contributed by atoms with E-state index in [0.717, 1.165) is 12.8 Å². The van der Waals surface area contributed by atoms with E-state index in [-0.39, 0.29) is 23.5 Å². The monoisotopic (exact) mass is 307 g/mol. The number of carbonyl (C=O) groups is 1. The normalized spacial score (nSPS) is 32.9. The standard InChI is InChI=1S/C16H25N3O3/c1-16(2,3)15-18-11-5-4-10(14(20)21)8-12(11)19(15)9-13-17-6-7-22-13/h6-7,10-12,15,18H,4-5,8-9H2,1-3H3,(H,20,21). The Balaban J connectivity index is 1.83. The fourth-order valence-electron chi connectivity index (χ4n) is 3.87. The fourth-order valence-corrected chi connectivity index (χ4v) is 3.87. The van der Waals surface area contributed by atoms with Gasteiger partial charge in [0.25, 0.3) is 0 Å². The van der Waals surface area contributed by atoms with Crippen molar-refractivity contribution in [3.05, 3.63) is 18.4 Å². The first-order valence-corrected chi connectivity index (χ1v) is 7.99. The molecule has 0 spiro atoms. The molecule has 0 aromatic carbocycles. The lowest BCUT2D eigenvalue weighted by atomic mass is 9.82. The fraction of sp³-hybridized carbons (Fsp3) is 0.750. The van der Waals surface area contributed by atoms with Gasteiger partial charge in [-0.05, 0) is 24.7 Å². The number of fused-ring (bicyclic) bond motifs is 1. The number of rotatable bonds is 3. The zero-order valence-corrected chi connectivity index (χ0v) is 13.5. The van der Waals surface area contributed by atoms with Gasteiger partial charge < -0.3 is 9.52 Å². The number of carboxylic acids is 1. The minimum atomic E-state index is -0.672. The van der Waals surface area contributed by atoms with Crippen molar-refractivity contribution in [2.24, 2.45) is 11.3 Å². The molecule has 1 saturated heterocycles. The molecule has 1 aromatic rings. The van der Waals surface area contributed by atoms with E-state index >= 15 is 0 Å². The van der Waals surface area contributed by atoms with E-state index in [9.17, 15) is 9.90 Å². The predicted molar refractivity (Wildman–Crippen MR) is 81.0 cm³/mol. The maximum Gasteiger partial charge on any atom is 0.306 e. The highest BCUT2D eigenvalue weighted by molar-refractivity contribution is 5.70. The summed E-state index contributed by atoms with van der Waals surface area (Å²) in [5.74, 6) is -0.225. The van der Waals surface area contributed by atoms with Crippen LogP contribution >= 0.6 is 0 Å². The lowest BCUT2D eigenvalue weighted by Crippen LogP contribution is -2.47. The topological polar surface area (TPSA) is 78.6 Å². The van der Waals surface area contributed by atoms with Gasteiger partial charge in [0.05, 0.1) is 24.8 Å². The third kappa shape index (κ3) is 2.90. The molecule has 1 aliphatic heterocycles. The third-order valence-electron chi connectivity index (χ3n) is 4.92. The van der Waals surface area contributed by atoms with E-state index in [1.54, 1.807) is 12.5 Å². The van der Waals surface area contributed by atoms with Crippen molar-refractivity contribution in [3.63, 3.8) is 0 Å². The van der Waals surface area contributed by atoms with Gasteiger partial charge in [-0.3, -0.25) is 15.0 Å². The van der Waals surface area contributed by atoms with Crippen LogP contribution in [0.25, 0.3) is 0 Å². The van der Waals surface area contributed by atoms with E-state index in [4.69, 9.17) is 4.42 Å². The molecule has 2 N–H and O–H groups in total. The minimum absolute atomic E-state index is 0.0582. The Kier molecular flexibility index (Phi) is 3.99. The zero-order chi connectivity index (χ0) is 15.9. The minimum Gasteiger partial charge on any atom is -0.481 e. The Morgan fingerprint density at radius 3 is 2.86 bits per heavy atom. The zero-order valence-electron chi connectivity index (χ0n) is 13.5. The molecule has 22 heavy (non-hydrogen) atoms. The molecule has 122 valence electrons. The maximum atomic E-state index is 11.4. The Labute approximate surface area is 130 Å². The molecule has 6 nitrogen and oxygen atoms in total. The first-order valence-electron chi connectivity index (χ1n) is 7.99. The SMILES string of the molecule is CC(C)(C)C1NC2CCC(C(=O)O)CC2N1Cc1ncco1. The molecule has 2 aliphatic rings. The summed E-state index contributed by atoms with van der Waals surface area (Å²) in [6, 6.07) is 0.584. The van der Waals surface area contributed by atoms with E-state index in [1.807, 2.05) is 0 Å². The summed E-state index contributed by atoms with van der Waals surface area (Å²) in [6.45, 7) is 7.24. The van der Waals surface area contributed by atoms with Crippen LogP contribution in [0.2, 0.25) is 0 Å². The molecule has 2 fully saturated rings.